The first-order chi connectivity index (χ1) is 4.04. The van der Waals surface area contributed by atoms with Crippen LogP contribution in [0.1, 0.15) is 13.3 Å². The minimum absolute atomic E-state index is 0.0370. The average molecular weight is 128 g/mol. The largest absolute Gasteiger partial charge is 0.366 e. The van der Waals surface area contributed by atoms with Gasteiger partial charge in [-0.05, 0) is 13.3 Å². The van der Waals surface area contributed by atoms with Gasteiger partial charge in [0, 0.05) is 11.6 Å². The fourth-order valence-electron chi connectivity index (χ4n) is 0.489. The van der Waals surface area contributed by atoms with Crippen molar-refractivity contribution in [3.63, 3.8) is 0 Å². The van der Waals surface area contributed by atoms with E-state index in [1.807, 2.05) is 0 Å². The van der Waals surface area contributed by atoms with Crippen LogP contribution in [0.2, 0.25) is 0 Å². The zero-order valence-corrected chi connectivity index (χ0v) is 5.55. The summed E-state index contributed by atoms with van der Waals surface area (Å²) in [4.78, 5) is 10.3. The molecule has 0 aliphatic rings. The summed E-state index contributed by atoms with van der Waals surface area (Å²) >= 11 is 0. The van der Waals surface area contributed by atoms with E-state index in [-0.39, 0.29) is 6.04 Å². The summed E-state index contributed by atoms with van der Waals surface area (Å²) in [6.07, 6.45) is 0.481. The SMILES string of the molecule is C=C(CC(C)N)C(N)=O. The lowest BCUT2D eigenvalue weighted by Crippen LogP contribution is -2.21. The summed E-state index contributed by atoms with van der Waals surface area (Å²) in [6, 6.07) is -0.0370. The van der Waals surface area contributed by atoms with Crippen LogP contribution in [0.25, 0.3) is 0 Å². The van der Waals surface area contributed by atoms with Gasteiger partial charge in [-0.25, -0.2) is 0 Å². The van der Waals surface area contributed by atoms with E-state index in [1.165, 1.54) is 0 Å². The van der Waals surface area contributed by atoms with Gasteiger partial charge in [-0.2, -0.15) is 0 Å². The Hall–Kier alpha value is -0.830. The smallest absolute Gasteiger partial charge is 0.244 e. The molecule has 0 saturated carbocycles. The molecule has 0 aliphatic heterocycles. The maximum Gasteiger partial charge on any atom is 0.244 e. The van der Waals surface area contributed by atoms with Crippen molar-refractivity contribution in [1.29, 1.82) is 0 Å². The molecule has 3 nitrogen and oxygen atoms in total. The van der Waals surface area contributed by atoms with Crippen molar-refractivity contribution < 1.29 is 4.79 Å². The van der Waals surface area contributed by atoms with E-state index in [2.05, 4.69) is 6.58 Å². The molecule has 1 atom stereocenters. The third-order valence-corrected chi connectivity index (χ3v) is 0.917. The Morgan fingerprint density at radius 1 is 1.78 bits per heavy atom. The van der Waals surface area contributed by atoms with Crippen molar-refractivity contribution in [2.24, 2.45) is 11.5 Å². The standard InChI is InChI=1S/C6H12N2O/c1-4(6(8)9)3-5(2)7/h5H,1,3,7H2,2H3,(H2,8,9). The van der Waals surface area contributed by atoms with E-state index in [1.54, 1.807) is 6.92 Å². The highest BCUT2D eigenvalue weighted by atomic mass is 16.1. The lowest BCUT2D eigenvalue weighted by Gasteiger charge is -2.02. The number of carbonyl (C=O) groups excluding carboxylic acids is 1. The molecule has 4 N–H and O–H groups in total. The third kappa shape index (κ3) is 3.73. The molecule has 0 aromatic carbocycles. The fraction of sp³-hybridized carbons (Fsp3) is 0.500. The maximum absolute atomic E-state index is 10.3. The van der Waals surface area contributed by atoms with Crippen molar-refractivity contribution >= 4 is 5.91 Å². The summed E-state index contributed by atoms with van der Waals surface area (Å²) in [6.45, 7) is 5.24. The highest BCUT2D eigenvalue weighted by Gasteiger charge is 2.02. The van der Waals surface area contributed by atoms with E-state index in [4.69, 9.17) is 11.5 Å². The van der Waals surface area contributed by atoms with Gasteiger partial charge in [0.15, 0.2) is 0 Å². The van der Waals surface area contributed by atoms with Crippen LogP contribution in [-0.4, -0.2) is 11.9 Å². The van der Waals surface area contributed by atoms with Gasteiger partial charge in [0.2, 0.25) is 5.91 Å². The highest BCUT2D eigenvalue weighted by Crippen LogP contribution is 1.98. The molecular weight excluding hydrogens is 116 g/mol. The Labute approximate surface area is 54.7 Å². The van der Waals surface area contributed by atoms with Crippen molar-refractivity contribution in [1.82, 2.24) is 0 Å². The Balaban J connectivity index is 3.65. The van der Waals surface area contributed by atoms with E-state index in [0.717, 1.165) is 0 Å². The first kappa shape index (κ1) is 8.17. The second-order valence-electron chi connectivity index (χ2n) is 2.15. The first-order valence-corrected chi connectivity index (χ1v) is 2.77. The van der Waals surface area contributed by atoms with Gasteiger partial charge < -0.3 is 11.5 Å². The summed E-state index contributed by atoms with van der Waals surface area (Å²) in [5.41, 5.74) is 10.6. The van der Waals surface area contributed by atoms with Crippen molar-refractivity contribution in [3.8, 4) is 0 Å². The summed E-state index contributed by atoms with van der Waals surface area (Å²) in [7, 11) is 0. The Morgan fingerprint density at radius 2 is 2.22 bits per heavy atom. The molecular formula is C6H12N2O. The number of hydrogen-bond donors (Lipinski definition) is 2. The molecule has 0 aliphatic carbocycles. The fourth-order valence-corrected chi connectivity index (χ4v) is 0.489. The molecule has 0 aromatic heterocycles. The van der Waals surface area contributed by atoms with Crippen LogP contribution >= 0.6 is 0 Å². The quantitative estimate of drug-likeness (QED) is 0.515. The highest BCUT2D eigenvalue weighted by molar-refractivity contribution is 5.91. The zero-order valence-electron chi connectivity index (χ0n) is 5.55. The Bertz CT molecular complexity index is 129. The predicted octanol–water partition coefficient (Wildman–Crippen LogP) is -0.235. The van der Waals surface area contributed by atoms with Crippen LogP contribution in [0.3, 0.4) is 0 Å². The molecule has 0 radical (unpaired) electrons. The summed E-state index contributed by atoms with van der Waals surface area (Å²) < 4.78 is 0. The van der Waals surface area contributed by atoms with E-state index >= 15 is 0 Å². The second-order valence-corrected chi connectivity index (χ2v) is 2.15. The minimum atomic E-state index is -0.465. The minimum Gasteiger partial charge on any atom is -0.366 e. The molecule has 0 spiro atoms. The van der Waals surface area contributed by atoms with Crippen LogP contribution in [-0.2, 0) is 4.79 Å². The van der Waals surface area contributed by atoms with Gasteiger partial charge in [0.05, 0.1) is 0 Å². The lowest BCUT2D eigenvalue weighted by atomic mass is 10.1. The normalized spacial score (nSPS) is 12.7. The number of carbonyl (C=O) groups is 1. The number of nitrogens with two attached hydrogens (primary N) is 2. The van der Waals surface area contributed by atoms with Crippen molar-refractivity contribution in [3.05, 3.63) is 12.2 Å². The summed E-state index contributed by atoms with van der Waals surface area (Å²) in [5, 5.41) is 0. The maximum atomic E-state index is 10.3. The van der Waals surface area contributed by atoms with Crippen LogP contribution in [0.15, 0.2) is 12.2 Å². The molecule has 0 bridgehead atoms. The van der Waals surface area contributed by atoms with Crippen molar-refractivity contribution in [2.45, 2.75) is 19.4 Å². The van der Waals surface area contributed by atoms with Gasteiger partial charge >= 0.3 is 0 Å². The lowest BCUT2D eigenvalue weighted by molar-refractivity contribution is -0.114. The van der Waals surface area contributed by atoms with Crippen LogP contribution < -0.4 is 11.5 Å². The monoisotopic (exact) mass is 128 g/mol. The molecule has 0 aromatic rings. The number of hydrogen-bond acceptors (Lipinski definition) is 2. The molecule has 1 amide bonds. The molecule has 0 saturated heterocycles. The van der Waals surface area contributed by atoms with Gasteiger partial charge in [0.25, 0.3) is 0 Å². The number of primary amides is 1. The number of rotatable bonds is 3. The van der Waals surface area contributed by atoms with E-state index < -0.39 is 5.91 Å². The van der Waals surface area contributed by atoms with Gasteiger partial charge in [-0.15, -0.1) is 0 Å². The van der Waals surface area contributed by atoms with E-state index in [9.17, 15) is 4.79 Å². The summed E-state index contributed by atoms with van der Waals surface area (Å²) in [5.74, 6) is -0.465. The van der Waals surface area contributed by atoms with E-state index in [0.29, 0.717) is 12.0 Å². The predicted molar refractivity (Wildman–Crippen MR) is 36.6 cm³/mol. The average Bonchev–Trinajstić information content (AvgIpc) is 1.63. The van der Waals surface area contributed by atoms with Crippen LogP contribution in [0.4, 0.5) is 0 Å². The Kier molecular flexibility index (Phi) is 2.95. The Morgan fingerprint density at radius 3 is 2.33 bits per heavy atom. The molecule has 1 unspecified atom stereocenters. The van der Waals surface area contributed by atoms with Gasteiger partial charge in [-0.3, -0.25) is 4.79 Å². The van der Waals surface area contributed by atoms with Crippen LogP contribution in [0.5, 0.6) is 0 Å². The molecule has 9 heavy (non-hydrogen) atoms. The van der Waals surface area contributed by atoms with Crippen molar-refractivity contribution in [2.75, 3.05) is 0 Å². The number of amides is 1. The first-order valence-electron chi connectivity index (χ1n) is 2.77. The van der Waals surface area contributed by atoms with Gasteiger partial charge in [0.1, 0.15) is 0 Å². The van der Waals surface area contributed by atoms with Crippen LogP contribution in [0, 0.1) is 0 Å². The van der Waals surface area contributed by atoms with Gasteiger partial charge in [-0.1, -0.05) is 6.58 Å². The molecule has 0 rings (SSSR count). The molecule has 52 valence electrons. The molecule has 0 fully saturated rings. The topological polar surface area (TPSA) is 69.1 Å². The second kappa shape index (κ2) is 3.25. The third-order valence-electron chi connectivity index (χ3n) is 0.917. The zero-order chi connectivity index (χ0) is 7.44. The molecule has 0 heterocycles. The molecule has 3 heteroatoms.